The molecule has 1 heterocycles. The van der Waals surface area contributed by atoms with Crippen molar-refractivity contribution >= 4 is 5.69 Å². The number of aliphatic hydroxyl groups excluding tert-OH is 1. The summed E-state index contributed by atoms with van der Waals surface area (Å²) in [4.78, 5) is 2.37. The van der Waals surface area contributed by atoms with Crippen molar-refractivity contribution in [2.24, 2.45) is 5.41 Å². The minimum Gasteiger partial charge on any atom is -0.392 e. The molecule has 1 unspecified atom stereocenters. The van der Waals surface area contributed by atoms with E-state index in [4.69, 9.17) is 0 Å². The lowest BCUT2D eigenvalue weighted by Crippen LogP contribution is -2.48. The first-order chi connectivity index (χ1) is 7.49. The SMILES string of the molecule is Cc1cccc(N2CCC(O)C(C)(C)C2)c1. The molecule has 2 rings (SSSR count). The lowest BCUT2D eigenvalue weighted by Gasteiger charge is -2.43. The van der Waals surface area contributed by atoms with Crippen molar-refractivity contribution in [1.82, 2.24) is 0 Å². The number of piperidine rings is 1. The molecular formula is C14H21NO. The van der Waals surface area contributed by atoms with Crippen LogP contribution in [0.3, 0.4) is 0 Å². The molecule has 0 spiro atoms. The quantitative estimate of drug-likeness (QED) is 0.784. The summed E-state index contributed by atoms with van der Waals surface area (Å²) >= 11 is 0. The van der Waals surface area contributed by atoms with Crippen LogP contribution >= 0.6 is 0 Å². The molecule has 2 heteroatoms. The lowest BCUT2D eigenvalue weighted by molar-refractivity contribution is 0.0336. The number of rotatable bonds is 1. The van der Waals surface area contributed by atoms with Gasteiger partial charge in [0.15, 0.2) is 0 Å². The van der Waals surface area contributed by atoms with Crippen LogP contribution < -0.4 is 4.90 Å². The Kier molecular flexibility index (Phi) is 2.94. The summed E-state index contributed by atoms with van der Waals surface area (Å²) < 4.78 is 0. The number of aryl methyl sites for hydroxylation is 1. The molecule has 1 saturated heterocycles. The van der Waals surface area contributed by atoms with E-state index in [-0.39, 0.29) is 11.5 Å². The van der Waals surface area contributed by atoms with Crippen LogP contribution in [0.25, 0.3) is 0 Å². The van der Waals surface area contributed by atoms with Gasteiger partial charge in [-0.1, -0.05) is 26.0 Å². The van der Waals surface area contributed by atoms with Gasteiger partial charge in [0.2, 0.25) is 0 Å². The van der Waals surface area contributed by atoms with Gasteiger partial charge in [-0.2, -0.15) is 0 Å². The summed E-state index contributed by atoms with van der Waals surface area (Å²) in [5, 5.41) is 9.93. The van der Waals surface area contributed by atoms with Crippen molar-refractivity contribution in [3.05, 3.63) is 29.8 Å². The molecule has 2 nitrogen and oxygen atoms in total. The number of aliphatic hydroxyl groups is 1. The Balaban J connectivity index is 2.18. The highest BCUT2D eigenvalue weighted by Gasteiger charge is 2.34. The average Bonchev–Trinajstić information content (AvgIpc) is 2.22. The molecule has 1 atom stereocenters. The molecule has 0 saturated carbocycles. The molecule has 1 aromatic carbocycles. The summed E-state index contributed by atoms with van der Waals surface area (Å²) in [5.41, 5.74) is 2.56. The zero-order valence-corrected chi connectivity index (χ0v) is 10.4. The van der Waals surface area contributed by atoms with Crippen LogP contribution in [-0.2, 0) is 0 Å². The fourth-order valence-corrected chi connectivity index (χ4v) is 2.39. The fourth-order valence-electron chi connectivity index (χ4n) is 2.39. The maximum atomic E-state index is 9.93. The van der Waals surface area contributed by atoms with Crippen molar-refractivity contribution in [2.45, 2.75) is 33.3 Å². The Morgan fingerprint density at radius 2 is 2.12 bits per heavy atom. The van der Waals surface area contributed by atoms with Gasteiger partial charge >= 0.3 is 0 Å². The van der Waals surface area contributed by atoms with E-state index in [0.29, 0.717) is 0 Å². The first-order valence-electron chi connectivity index (χ1n) is 5.99. The average molecular weight is 219 g/mol. The second kappa shape index (κ2) is 4.10. The minimum absolute atomic E-state index is 0.0119. The fraction of sp³-hybridized carbons (Fsp3) is 0.571. The van der Waals surface area contributed by atoms with Crippen LogP contribution in [0.15, 0.2) is 24.3 Å². The van der Waals surface area contributed by atoms with Gasteiger partial charge in [0, 0.05) is 24.2 Å². The molecule has 0 aliphatic carbocycles. The zero-order chi connectivity index (χ0) is 11.8. The molecule has 1 fully saturated rings. The predicted molar refractivity (Wildman–Crippen MR) is 67.8 cm³/mol. The van der Waals surface area contributed by atoms with Crippen molar-refractivity contribution in [3.8, 4) is 0 Å². The number of hydrogen-bond acceptors (Lipinski definition) is 2. The van der Waals surface area contributed by atoms with Crippen LogP contribution in [0.2, 0.25) is 0 Å². The third-order valence-electron chi connectivity index (χ3n) is 3.54. The standard InChI is InChI=1S/C14H21NO/c1-11-5-4-6-12(9-11)15-8-7-13(16)14(2,3)10-15/h4-6,9,13,16H,7-8,10H2,1-3H3. The number of anilines is 1. The second-order valence-corrected chi connectivity index (χ2v) is 5.55. The van der Waals surface area contributed by atoms with Gasteiger partial charge in [0.1, 0.15) is 0 Å². The summed E-state index contributed by atoms with van der Waals surface area (Å²) in [7, 11) is 0. The van der Waals surface area contributed by atoms with E-state index in [0.717, 1.165) is 19.5 Å². The summed E-state index contributed by atoms with van der Waals surface area (Å²) in [5.74, 6) is 0. The van der Waals surface area contributed by atoms with Gasteiger partial charge in [-0.3, -0.25) is 0 Å². The monoisotopic (exact) mass is 219 g/mol. The summed E-state index contributed by atoms with van der Waals surface area (Å²) in [6.07, 6.45) is 0.689. The van der Waals surface area contributed by atoms with Crippen LogP contribution in [0.1, 0.15) is 25.8 Å². The molecule has 0 amide bonds. The smallest absolute Gasteiger partial charge is 0.0624 e. The van der Waals surface area contributed by atoms with E-state index >= 15 is 0 Å². The number of hydrogen-bond donors (Lipinski definition) is 1. The highest BCUT2D eigenvalue weighted by molar-refractivity contribution is 5.49. The van der Waals surface area contributed by atoms with Gasteiger partial charge in [-0.05, 0) is 31.0 Å². The minimum atomic E-state index is -0.173. The van der Waals surface area contributed by atoms with E-state index in [1.54, 1.807) is 0 Å². The van der Waals surface area contributed by atoms with Gasteiger partial charge in [0.05, 0.1) is 6.10 Å². The van der Waals surface area contributed by atoms with Crippen molar-refractivity contribution in [1.29, 1.82) is 0 Å². The normalized spacial score (nSPS) is 24.5. The molecule has 16 heavy (non-hydrogen) atoms. The molecule has 1 aliphatic rings. The third-order valence-corrected chi connectivity index (χ3v) is 3.54. The molecule has 0 radical (unpaired) electrons. The van der Waals surface area contributed by atoms with Gasteiger partial charge < -0.3 is 10.0 Å². The van der Waals surface area contributed by atoms with E-state index < -0.39 is 0 Å². The first kappa shape index (κ1) is 11.5. The summed E-state index contributed by atoms with van der Waals surface area (Å²) in [6.45, 7) is 8.28. The van der Waals surface area contributed by atoms with Crippen LogP contribution in [-0.4, -0.2) is 24.3 Å². The molecule has 0 aromatic heterocycles. The zero-order valence-electron chi connectivity index (χ0n) is 10.4. The number of benzene rings is 1. The van der Waals surface area contributed by atoms with Crippen LogP contribution in [0, 0.1) is 12.3 Å². The van der Waals surface area contributed by atoms with Gasteiger partial charge in [0.25, 0.3) is 0 Å². The third kappa shape index (κ3) is 2.22. The molecular weight excluding hydrogens is 198 g/mol. The highest BCUT2D eigenvalue weighted by atomic mass is 16.3. The van der Waals surface area contributed by atoms with Gasteiger partial charge in [-0.25, -0.2) is 0 Å². The lowest BCUT2D eigenvalue weighted by atomic mass is 9.81. The Morgan fingerprint density at radius 1 is 1.38 bits per heavy atom. The highest BCUT2D eigenvalue weighted by Crippen LogP contribution is 2.32. The van der Waals surface area contributed by atoms with Crippen LogP contribution in [0.5, 0.6) is 0 Å². The van der Waals surface area contributed by atoms with E-state index in [1.165, 1.54) is 11.3 Å². The molecule has 1 aromatic rings. The molecule has 1 N–H and O–H groups in total. The Labute approximate surface area is 97.9 Å². The molecule has 88 valence electrons. The van der Waals surface area contributed by atoms with Crippen molar-refractivity contribution in [2.75, 3.05) is 18.0 Å². The van der Waals surface area contributed by atoms with Crippen LogP contribution in [0.4, 0.5) is 5.69 Å². The van der Waals surface area contributed by atoms with E-state index in [2.05, 4.69) is 49.9 Å². The summed E-state index contributed by atoms with van der Waals surface area (Å²) in [6, 6.07) is 8.59. The van der Waals surface area contributed by atoms with Gasteiger partial charge in [-0.15, -0.1) is 0 Å². The molecule has 0 bridgehead atoms. The maximum Gasteiger partial charge on any atom is 0.0624 e. The molecule has 1 aliphatic heterocycles. The topological polar surface area (TPSA) is 23.5 Å². The van der Waals surface area contributed by atoms with Crippen molar-refractivity contribution in [3.63, 3.8) is 0 Å². The Bertz CT molecular complexity index is 373. The van der Waals surface area contributed by atoms with E-state index in [1.807, 2.05) is 0 Å². The largest absolute Gasteiger partial charge is 0.392 e. The maximum absolute atomic E-state index is 9.93. The first-order valence-corrected chi connectivity index (χ1v) is 5.99. The Morgan fingerprint density at radius 3 is 2.75 bits per heavy atom. The number of nitrogens with zero attached hydrogens (tertiary/aromatic N) is 1. The predicted octanol–water partition coefficient (Wildman–Crippen LogP) is 2.59. The second-order valence-electron chi connectivity index (χ2n) is 5.55. The Hall–Kier alpha value is -1.02. The van der Waals surface area contributed by atoms with E-state index in [9.17, 15) is 5.11 Å². The van der Waals surface area contributed by atoms with Crippen molar-refractivity contribution < 1.29 is 5.11 Å².